The summed E-state index contributed by atoms with van der Waals surface area (Å²) in [5.41, 5.74) is 6.04. The Labute approximate surface area is 84.7 Å². The lowest BCUT2D eigenvalue weighted by atomic mass is 9.75. The van der Waals surface area contributed by atoms with E-state index in [9.17, 15) is 4.79 Å². The average Bonchev–Trinajstić information content (AvgIpc) is 2.48. The van der Waals surface area contributed by atoms with E-state index < -0.39 is 5.97 Å². The van der Waals surface area contributed by atoms with E-state index in [4.69, 9.17) is 10.8 Å². The molecular weight excluding hydrogens is 178 g/mol. The molecule has 2 saturated carbocycles. The summed E-state index contributed by atoms with van der Waals surface area (Å²) < 4.78 is 0. The van der Waals surface area contributed by atoms with E-state index in [1.165, 1.54) is 6.42 Å². The van der Waals surface area contributed by atoms with Crippen molar-refractivity contribution in [2.75, 3.05) is 6.54 Å². The van der Waals surface area contributed by atoms with Gasteiger partial charge in [-0.2, -0.15) is 0 Å². The van der Waals surface area contributed by atoms with Crippen molar-refractivity contribution >= 4 is 5.97 Å². The number of aliphatic carboxylic acids is 1. The highest BCUT2D eigenvalue weighted by Crippen LogP contribution is 2.74. The molecule has 0 radical (unpaired) electrons. The summed E-state index contributed by atoms with van der Waals surface area (Å²) in [6.07, 6.45) is 2.44. The molecule has 0 amide bonds. The lowest BCUT2D eigenvalue weighted by molar-refractivity contribution is -0.140. The quantitative estimate of drug-likeness (QED) is 0.720. The van der Waals surface area contributed by atoms with Crippen LogP contribution in [0, 0.1) is 22.7 Å². The number of hydrogen-bond acceptors (Lipinski definition) is 2. The van der Waals surface area contributed by atoms with E-state index in [0.29, 0.717) is 17.9 Å². The van der Waals surface area contributed by atoms with Crippen LogP contribution in [-0.2, 0) is 4.79 Å². The number of carbonyl (C=O) groups is 1. The fraction of sp³-hybridized carbons (Fsp3) is 0.909. The summed E-state index contributed by atoms with van der Waals surface area (Å²) in [7, 11) is 0. The van der Waals surface area contributed by atoms with Crippen molar-refractivity contribution in [3.8, 4) is 0 Å². The van der Waals surface area contributed by atoms with Crippen LogP contribution in [0.3, 0.4) is 0 Å². The fourth-order valence-corrected chi connectivity index (χ4v) is 3.90. The molecule has 0 aromatic heterocycles. The number of hydrogen-bond donors (Lipinski definition) is 2. The summed E-state index contributed by atoms with van der Waals surface area (Å²) in [5, 5.41) is 8.92. The van der Waals surface area contributed by atoms with Gasteiger partial charge in [0.2, 0.25) is 0 Å². The Morgan fingerprint density at radius 1 is 1.57 bits per heavy atom. The largest absolute Gasteiger partial charge is 0.481 e. The standard InChI is InChI=1S/C11H19NO2/c1-10(2)7-3-4-11(6-12,9(7)10)5-8(13)14/h7,9H,3-6,12H2,1-2H3,(H,13,14)/t7-,9+,11-/m1/s1. The highest BCUT2D eigenvalue weighted by Gasteiger charge is 2.69. The third kappa shape index (κ3) is 1.11. The molecule has 2 aliphatic carbocycles. The second-order valence-electron chi connectivity index (χ2n) is 5.58. The molecule has 3 N–H and O–H groups in total. The Hall–Kier alpha value is -0.570. The molecule has 0 aromatic rings. The van der Waals surface area contributed by atoms with Crippen molar-refractivity contribution in [3.63, 3.8) is 0 Å². The first kappa shape index (κ1) is 9.97. The Morgan fingerprint density at radius 2 is 2.21 bits per heavy atom. The molecule has 14 heavy (non-hydrogen) atoms. The molecule has 2 aliphatic rings. The summed E-state index contributed by atoms with van der Waals surface area (Å²) in [6.45, 7) is 5.02. The molecule has 0 spiro atoms. The second kappa shape index (κ2) is 2.72. The Morgan fingerprint density at radius 3 is 2.57 bits per heavy atom. The molecule has 0 bridgehead atoms. The van der Waals surface area contributed by atoms with Gasteiger partial charge in [-0.3, -0.25) is 4.79 Å². The first-order valence-electron chi connectivity index (χ1n) is 5.36. The summed E-state index contributed by atoms with van der Waals surface area (Å²) >= 11 is 0. The van der Waals surface area contributed by atoms with Crippen LogP contribution in [0.1, 0.15) is 33.1 Å². The van der Waals surface area contributed by atoms with Crippen LogP contribution in [-0.4, -0.2) is 17.6 Å². The molecule has 2 fully saturated rings. The molecule has 0 unspecified atom stereocenters. The van der Waals surface area contributed by atoms with Crippen LogP contribution >= 0.6 is 0 Å². The van der Waals surface area contributed by atoms with Crippen molar-refractivity contribution in [1.82, 2.24) is 0 Å². The Balaban J connectivity index is 2.18. The minimum atomic E-state index is -0.696. The predicted molar refractivity (Wildman–Crippen MR) is 53.7 cm³/mol. The lowest BCUT2D eigenvalue weighted by Gasteiger charge is -2.31. The summed E-state index contributed by atoms with van der Waals surface area (Å²) in [5.74, 6) is 0.584. The van der Waals surface area contributed by atoms with Crippen LogP contribution in [0.25, 0.3) is 0 Å². The number of carboxylic acids is 1. The molecule has 0 heterocycles. The van der Waals surface area contributed by atoms with Crippen LogP contribution in [0.2, 0.25) is 0 Å². The van der Waals surface area contributed by atoms with Gasteiger partial charge >= 0.3 is 5.97 Å². The fourth-order valence-electron chi connectivity index (χ4n) is 3.90. The molecule has 3 heteroatoms. The van der Waals surface area contributed by atoms with Crippen molar-refractivity contribution in [3.05, 3.63) is 0 Å². The minimum absolute atomic E-state index is 0.0972. The summed E-state index contributed by atoms with van der Waals surface area (Å²) in [4.78, 5) is 10.8. The van der Waals surface area contributed by atoms with Gasteiger partial charge in [-0.15, -0.1) is 0 Å². The van der Waals surface area contributed by atoms with E-state index in [1.54, 1.807) is 0 Å². The average molecular weight is 197 g/mol. The van der Waals surface area contributed by atoms with E-state index in [0.717, 1.165) is 12.3 Å². The molecule has 2 rings (SSSR count). The van der Waals surface area contributed by atoms with Gasteiger partial charge < -0.3 is 10.8 Å². The van der Waals surface area contributed by atoms with Gasteiger partial charge in [-0.1, -0.05) is 13.8 Å². The van der Waals surface area contributed by atoms with Gasteiger partial charge in [0.25, 0.3) is 0 Å². The molecule has 3 nitrogen and oxygen atoms in total. The molecule has 0 saturated heterocycles. The second-order valence-corrected chi connectivity index (χ2v) is 5.58. The maximum Gasteiger partial charge on any atom is 0.303 e. The van der Waals surface area contributed by atoms with Crippen LogP contribution < -0.4 is 5.73 Å². The van der Waals surface area contributed by atoms with Crippen molar-refractivity contribution in [1.29, 1.82) is 0 Å². The summed E-state index contributed by atoms with van der Waals surface area (Å²) in [6, 6.07) is 0. The molecule has 0 aromatic carbocycles. The molecular formula is C11H19NO2. The van der Waals surface area contributed by atoms with Gasteiger partial charge in [0.1, 0.15) is 0 Å². The van der Waals surface area contributed by atoms with Gasteiger partial charge in [0.05, 0.1) is 6.42 Å². The van der Waals surface area contributed by atoms with Crippen molar-refractivity contribution in [2.45, 2.75) is 33.1 Å². The molecule has 0 aliphatic heterocycles. The third-order valence-electron chi connectivity index (χ3n) is 4.57. The first-order valence-corrected chi connectivity index (χ1v) is 5.36. The van der Waals surface area contributed by atoms with Crippen molar-refractivity contribution < 1.29 is 9.90 Å². The number of nitrogens with two attached hydrogens (primary N) is 1. The van der Waals surface area contributed by atoms with E-state index in [-0.39, 0.29) is 11.8 Å². The Bertz CT molecular complexity index is 274. The van der Waals surface area contributed by atoms with Crippen LogP contribution in [0.4, 0.5) is 0 Å². The zero-order chi connectivity index (χ0) is 10.6. The van der Waals surface area contributed by atoms with Gasteiger partial charge in [-0.05, 0) is 42.1 Å². The maximum absolute atomic E-state index is 10.8. The van der Waals surface area contributed by atoms with E-state index >= 15 is 0 Å². The maximum atomic E-state index is 10.8. The number of carboxylic acid groups (broad SMARTS) is 1. The van der Waals surface area contributed by atoms with Gasteiger partial charge in [0, 0.05) is 0 Å². The monoisotopic (exact) mass is 197 g/mol. The van der Waals surface area contributed by atoms with E-state index in [2.05, 4.69) is 13.8 Å². The highest BCUT2D eigenvalue weighted by atomic mass is 16.4. The van der Waals surface area contributed by atoms with Crippen LogP contribution in [0.15, 0.2) is 0 Å². The zero-order valence-corrected chi connectivity index (χ0v) is 8.92. The predicted octanol–water partition coefficient (Wildman–Crippen LogP) is 1.47. The SMILES string of the molecule is CC1(C)[C@@H]2CC[C@](CN)(CC(=O)O)[C@@H]21. The lowest BCUT2D eigenvalue weighted by Crippen LogP contribution is -2.35. The first-order chi connectivity index (χ1) is 6.44. The zero-order valence-electron chi connectivity index (χ0n) is 8.92. The van der Waals surface area contributed by atoms with Crippen LogP contribution in [0.5, 0.6) is 0 Å². The third-order valence-corrected chi connectivity index (χ3v) is 4.57. The minimum Gasteiger partial charge on any atom is -0.481 e. The number of fused-ring (bicyclic) bond motifs is 1. The molecule has 3 atom stereocenters. The smallest absolute Gasteiger partial charge is 0.303 e. The Kier molecular flexibility index (Phi) is 1.94. The highest BCUT2D eigenvalue weighted by molar-refractivity contribution is 5.68. The van der Waals surface area contributed by atoms with E-state index in [1.807, 2.05) is 0 Å². The number of rotatable bonds is 3. The normalized spacial score (nSPS) is 43.4. The van der Waals surface area contributed by atoms with Gasteiger partial charge in [-0.25, -0.2) is 0 Å². The topological polar surface area (TPSA) is 63.3 Å². The van der Waals surface area contributed by atoms with Gasteiger partial charge in [0.15, 0.2) is 0 Å². The molecule has 80 valence electrons. The van der Waals surface area contributed by atoms with Crippen molar-refractivity contribution in [2.24, 2.45) is 28.4 Å².